The molecule has 1 atom stereocenters. The summed E-state index contributed by atoms with van der Waals surface area (Å²) in [5.74, 6) is 1.09. The second-order valence-corrected chi connectivity index (χ2v) is 5.50. The number of thioether (sulfide) groups is 1. The number of nitrogens with one attached hydrogen (secondary N) is 1. The van der Waals surface area contributed by atoms with Crippen molar-refractivity contribution in [1.82, 2.24) is 15.0 Å². The van der Waals surface area contributed by atoms with Crippen LogP contribution in [-0.2, 0) is 0 Å². The molecule has 1 aromatic rings. The molecule has 17 heavy (non-hydrogen) atoms. The minimum atomic E-state index is 0.212. The maximum absolute atomic E-state index is 5.83. The van der Waals surface area contributed by atoms with Crippen LogP contribution in [0.3, 0.4) is 0 Å². The van der Waals surface area contributed by atoms with Crippen molar-refractivity contribution in [2.45, 2.75) is 18.6 Å². The minimum Gasteiger partial charge on any atom is -0.354 e. The van der Waals surface area contributed by atoms with Crippen LogP contribution in [-0.4, -0.2) is 47.1 Å². The number of rotatable bonds is 6. The lowest BCUT2D eigenvalue weighted by atomic mass is 10.3. The Morgan fingerprint density at radius 2 is 2.06 bits per heavy atom. The summed E-state index contributed by atoms with van der Waals surface area (Å²) in [6, 6.07) is 0. The van der Waals surface area contributed by atoms with Gasteiger partial charge in [0.05, 0.1) is 0 Å². The lowest BCUT2D eigenvalue weighted by molar-refractivity contribution is 0.839. The second-order valence-electron chi connectivity index (χ2n) is 3.88. The van der Waals surface area contributed by atoms with Crippen molar-refractivity contribution >= 4 is 35.3 Å². The predicted octanol–water partition coefficient (Wildman–Crippen LogP) is 2.14. The van der Waals surface area contributed by atoms with Gasteiger partial charge in [0.25, 0.3) is 0 Å². The summed E-state index contributed by atoms with van der Waals surface area (Å²) in [5, 5.41) is 3.99. The Kier molecular flexibility index (Phi) is 5.77. The zero-order valence-electron chi connectivity index (χ0n) is 10.6. The number of nitrogens with zero attached hydrogens (tertiary/aromatic N) is 4. The van der Waals surface area contributed by atoms with Crippen LogP contribution in [0.15, 0.2) is 0 Å². The molecule has 0 saturated carbocycles. The fourth-order valence-electron chi connectivity index (χ4n) is 1.12. The molecular weight excluding hydrogens is 258 g/mol. The molecule has 0 fully saturated rings. The number of hydrogen-bond donors (Lipinski definition) is 1. The molecule has 0 radical (unpaired) electrons. The lowest BCUT2D eigenvalue weighted by Crippen LogP contribution is -2.16. The molecule has 0 saturated heterocycles. The van der Waals surface area contributed by atoms with Crippen LogP contribution < -0.4 is 10.2 Å². The van der Waals surface area contributed by atoms with E-state index in [-0.39, 0.29) is 5.28 Å². The van der Waals surface area contributed by atoms with E-state index in [9.17, 15) is 0 Å². The van der Waals surface area contributed by atoms with Gasteiger partial charge in [-0.2, -0.15) is 26.7 Å². The Hall–Kier alpha value is -0.750. The molecule has 1 heterocycles. The third kappa shape index (κ3) is 4.95. The van der Waals surface area contributed by atoms with Crippen molar-refractivity contribution in [3.05, 3.63) is 5.28 Å². The topological polar surface area (TPSA) is 53.9 Å². The first-order valence-electron chi connectivity index (χ1n) is 5.38. The van der Waals surface area contributed by atoms with E-state index in [1.807, 2.05) is 25.9 Å². The Labute approximate surface area is 111 Å². The number of anilines is 2. The highest BCUT2D eigenvalue weighted by molar-refractivity contribution is 7.99. The third-order valence-electron chi connectivity index (χ3n) is 2.23. The smallest absolute Gasteiger partial charge is 0.230 e. The summed E-state index contributed by atoms with van der Waals surface area (Å²) in [5.41, 5.74) is 0. The monoisotopic (exact) mass is 275 g/mol. The normalized spacial score (nSPS) is 12.3. The number of hydrogen-bond acceptors (Lipinski definition) is 6. The van der Waals surface area contributed by atoms with Crippen LogP contribution in [0.1, 0.15) is 13.3 Å². The molecule has 7 heteroatoms. The Morgan fingerprint density at radius 1 is 1.35 bits per heavy atom. The van der Waals surface area contributed by atoms with Crippen LogP contribution in [0, 0.1) is 0 Å². The molecule has 1 unspecified atom stereocenters. The molecule has 0 aliphatic rings. The molecule has 0 aromatic carbocycles. The van der Waals surface area contributed by atoms with E-state index in [1.165, 1.54) is 0 Å². The molecule has 1 rings (SSSR count). The predicted molar refractivity (Wildman–Crippen MR) is 75.2 cm³/mol. The first-order chi connectivity index (χ1) is 8.02. The van der Waals surface area contributed by atoms with E-state index in [4.69, 9.17) is 11.6 Å². The van der Waals surface area contributed by atoms with E-state index >= 15 is 0 Å². The molecule has 0 bridgehead atoms. The highest BCUT2D eigenvalue weighted by Gasteiger charge is 2.06. The summed E-state index contributed by atoms with van der Waals surface area (Å²) in [4.78, 5) is 14.1. The van der Waals surface area contributed by atoms with E-state index in [1.54, 1.807) is 4.90 Å². The van der Waals surface area contributed by atoms with Gasteiger partial charge in [-0.1, -0.05) is 6.92 Å². The van der Waals surface area contributed by atoms with E-state index in [0.717, 1.165) is 13.0 Å². The number of halogens is 1. The van der Waals surface area contributed by atoms with Gasteiger partial charge in [0.15, 0.2) is 0 Å². The van der Waals surface area contributed by atoms with Gasteiger partial charge in [0, 0.05) is 25.9 Å². The van der Waals surface area contributed by atoms with Gasteiger partial charge in [-0.05, 0) is 24.3 Å². The quantitative estimate of drug-likeness (QED) is 0.859. The van der Waals surface area contributed by atoms with Gasteiger partial charge in [-0.15, -0.1) is 0 Å². The van der Waals surface area contributed by atoms with Crippen molar-refractivity contribution < 1.29 is 0 Å². The van der Waals surface area contributed by atoms with Crippen molar-refractivity contribution in [1.29, 1.82) is 0 Å². The van der Waals surface area contributed by atoms with Crippen molar-refractivity contribution in [2.75, 3.05) is 37.1 Å². The largest absolute Gasteiger partial charge is 0.354 e. The Morgan fingerprint density at radius 3 is 2.65 bits per heavy atom. The van der Waals surface area contributed by atoms with Crippen LogP contribution >= 0.6 is 23.4 Å². The summed E-state index contributed by atoms with van der Waals surface area (Å²) < 4.78 is 0. The molecule has 0 aliphatic heterocycles. The molecule has 1 aromatic heterocycles. The highest BCUT2D eigenvalue weighted by atomic mass is 35.5. The van der Waals surface area contributed by atoms with Crippen molar-refractivity contribution in [3.63, 3.8) is 0 Å². The Bertz CT molecular complexity index is 361. The second kappa shape index (κ2) is 6.86. The van der Waals surface area contributed by atoms with Crippen molar-refractivity contribution in [3.8, 4) is 0 Å². The van der Waals surface area contributed by atoms with E-state index in [0.29, 0.717) is 17.1 Å². The zero-order valence-corrected chi connectivity index (χ0v) is 12.1. The fourth-order valence-corrected chi connectivity index (χ4v) is 1.63. The molecule has 5 nitrogen and oxygen atoms in total. The van der Waals surface area contributed by atoms with E-state index < -0.39 is 0 Å². The highest BCUT2D eigenvalue weighted by Crippen LogP contribution is 2.13. The number of aromatic nitrogens is 3. The molecule has 96 valence electrons. The van der Waals surface area contributed by atoms with Crippen LogP contribution in [0.2, 0.25) is 5.28 Å². The van der Waals surface area contributed by atoms with Gasteiger partial charge in [0.2, 0.25) is 17.2 Å². The summed E-state index contributed by atoms with van der Waals surface area (Å²) in [7, 11) is 3.73. The summed E-state index contributed by atoms with van der Waals surface area (Å²) in [6.45, 7) is 3.02. The minimum absolute atomic E-state index is 0.212. The maximum Gasteiger partial charge on any atom is 0.230 e. The fraction of sp³-hybridized carbons (Fsp3) is 0.700. The van der Waals surface area contributed by atoms with Crippen molar-refractivity contribution in [2.24, 2.45) is 0 Å². The molecular formula is C10H18ClN5S. The van der Waals surface area contributed by atoms with Gasteiger partial charge in [-0.3, -0.25) is 0 Å². The molecule has 1 N–H and O–H groups in total. The summed E-state index contributed by atoms with van der Waals surface area (Å²) in [6.07, 6.45) is 3.16. The third-order valence-corrected chi connectivity index (χ3v) is 3.44. The van der Waals surface area contributed by atoms with Crippen LogP contribution in [0.4, 0.5) is 11.9 Å². The maximum atomic E-state index is 5.83. The standard InChI is InChI=1S/C10H18ClN5S/c1-7(17-4)5-6-12-9-13-8(11)14-10(15-9)16(2)3/h7H,5-6H2,1-4H3,(H,12,13,14,15). The van der Waals surface area contributed by atoms with Gasteiger partial charge in [-0.25, -0.2) is 0 Å². The first kappa shape index (κ1) is 14.3. The van der Waals surface area contributed by atoms with Crippen LogP contribution in [0.25, 0.3) is 0 Å². The first-order valence-corrected chi connectivity index (χ1v) is 7.05. The molecule has 0 aliphatic carbocycles. The molecule has 0 amide bonds. The van der Waals surface area contributed by atoms with Gasteiger partial charge in [0.1, 0.15) is 0 Å². The van der Waals surface area contributed by atoms with Gasteiger partial charge < -0.3 is 10.2 Å². The summed E-state index contributed by atoms with van der Waals surface area (Å²) >= 11 is 7.67. The Balaban J connectivity index is 2.59. The SMILES string of the molecule is CSC(C)CCNc1nc(Cl)nc(N(C)C)n1. The average Bonchev–Trinajstić information content (AvgIpc) is 2.28. The van der Waals surface area contributed by atoms with Crippen LogP contribution in [0.5, 0.6) is 0 Å². The average molecular weight is 276 g/mol. The lowest BCUT2D eigenvalue weighted by Gasteiger charge is -2.12. The zero-order chi connectivity index (χ0) is 12.8. The van der Waals surface area contributed by atoms with E-state index in [2.05, 4.69) is 33.4 Å². The van der Waals surface area contributed by atoms with Gasteiger partial charge >= 0.3 is 0 Å². The molecule has 0 spiro atoms.